The van der Waals surface area contributed by atoms with Crippen molar-refractivity contribution in [2.45, 2.75) is 0 Å². The molecule has 0 amide bonds. The molecule has 0 aromatic heterocycles. The minimum Gasteiger partial charge on any atom is -1.00 e. The molecule has 7 heavy (non-hydrogen) atoms. The molecule has 0 fully saturated rings. The number of rotatable bonds is 0. The molecule has 4 nitrogen and oxygen atoms in total. The van der Waals surface area contributed by atoms with Crippen LogP contribution in [0, 0.1) is 0 Å². The monoisotopic (exact) mass is 374 g/mol. The molecule has 0 unspecified atom stereocenters. The molecule has 36 valence electrons. The van der Waals surface area contributed by atoms with Crippen LogP contribution < -0.4 is 0 Å². The van der Waals surface area contributed by atoms with Gasteiger partial charge in [-0.05, 0) is 0 Å². The summed E-state index contributed by atoms with van der Waals surface area (Å²) in [5, 5.41) is 0. The first-order chi connectivity index (χ1) is 2.00. The third kappa shape index (κ3) is 48.8. The first kappa shape index (κ1) is 16.5. The summed E-state index contributed by atoms with van der Waals surface area (Å²) >= 11 is 0. The zero-order valence-corrected chi connectivity index (χ0v) is 13.2. The van der Waals surface area contributed by atoms with Crippen LogP contribution in [0.5, 0.6) is 0 Å². The Morgan fingerprint density at radius 2 is 1.14 bits per heavy atom. The van der Waals surface area contributed by atoms with Crippen LogP contribution in [-0.2, 0) is 10.4 Å². The van der Waals surface area contributed by atoms with E-state index in [0.717, 1.165) is 0 Å². The minimum absolute atomic E-state index is 0. The Labute approximate surface area is 125 Å². The summed E-state index contributed by atoms with van der Waals surface area (Å²) in [5.74, 6) is 0. The second-order valence-electron chi connectivity index (χ2n) is 0.408. The van der Waals surface area contributed by atoms with Gasteiger partial charge in [-0.3, -0.25) is 8.42 Å². The maximum Gasteiger partial charge on any atom is 2.00 e. The van der Waals surface area contributed by atoms with Crippen LogP contribution in [-0.4, -0.2) is 115 Å². The number of hydrogen-bond donors (Lipinski definition) is 0. The quantitative estimate of drug-likeness (QED) is 0.283. The van der Waals surface area contributed by atoms with Crippen LogP contribution in [0.25, 0.3) is 0 Å². The molecule has 0 N–H and O–H groups in total. The van der Waals surface area contributed by atoms with Crippen LogP contribution in [0.4, 0.5) is 0 Å². The van der Waals surface area contributed by atoms with E-state index in [4.69, 9.17) is 17.5 Å². The van der Waals surface area contributed by atoms with E-state index < -0.39 is 10.4 Å². The second kappa shape index (κ2) is 7.12. The van der Waals surface area contributed by atoms with E-state index in [9.17, 15) is 0 Å². The Morgan fingerprint density at radius 1 is 1.14 bits per heavy atom. The van der Waals surface area contributed by atoms with Crippen molar-refractivity contribution in [2.24, 2.45) is 0 Å². The van der Waals surface area contributed by atoms with Crippen molar-refractivity contribution >= 4 is 108 Å². The van der Waals surface area contributed by atoms with Crippen LogP contribution in [0.1, 0.15) is 2.85 Å². The Balaban J connectivity index is -0.0000000133. The van der Waals surface area contributed by atoms with Gasteiger partial charge in [0.25, 0.3) is 0 Å². The smallest absolute Gasteiger partial charge is 1.00 e. The molecule has 0 aliphatic carbocycles. The van der Waals surface area contributed by atoms with Crippen LogP contribution in [0.3, 0.4) is 0 Å². The summed E-state index contributed by atoms with van der Waals surface area (Å²) < 4.78 is 34.1. The third-order valence-electron chi connectivity index (χ3n) is 0. The summed E-state index contributed by atoms with van der Waals surface area (Å²) in [5.41, 5.74) is 0. The zero-order chi connectivity index (χ0) is 4.50. The summed E-state index contributed by atoms with van der Waals surface area (Å²) in [6.45, 7) is 0. The molecule has 0 radical (unpaired) electrons. The normalized spacial score (nSPS) is 8.29. The van der Waals surface area contributed by atoms with E-state index in [2.05, 4.69) is 0 Å². The van der Waals surface area contributed by atoms with Gasteiger partial charge in [0.1, 0.15) is 0 Å². The molecule has 0 bridgehead atoms. The topological polar surface area (TPSA) is 80.3 Å². The van der Waals surface area contributed by atoms with Crippen LogP contribution in [0.2, 0.25) is 0 Å². The van der Waals surface area contributed by atoms with Gasteiger partial charge in [-0.2, -0.15) is 0 Å². The molecule has 0 saturated heterocycles. The predicted molar refractivity (Wildman–Crippen MR) is 24.2 cm³/mol. The summed E-state index contributed by atoms with van der Waals surface area (Å²) in [6, 6.07) is 0. The Morgan fingerprint density at radius 3 is 1.14 bits per heavy atom. The fraction of sp³-hybridized carbons (Fsp3) is 0. The summed E-state index contributed by atoms with van der Waals surface area (Å²) in [4.78, 5) is 0. The van der Waals surface area contributed by atoms with Gasteiger partial charge in [-0.1, -0.05) is 0 Å². The SMILES string of the molecule is O=S(=O)([O-])[O-].[Ba+2].[Ba+2].[H-].[H-]. The minimum atomic E-state index is -5.17. The van der Waals surface area contributed by atoms with E-state index in [1.165, 1.54) is 0 Å². The zero-order valence-electron chi connectivity index (χ0n) is 5.46. The van der Waals surface area contributed by atoms with E-state index in [1.807, 2.05) is 0 Å². The van der Waals surface area contributed by atoms with Crippen LogP contribution in [0.15, 0.2) is 0 Å². The van der Waals surface area contributed by atoms with Crippen molar-refractivity contribution in [2.75, 3.05) is 0 Å². The van der Waals surface area contributed by atoms with Crippen molar-refractivity contribution in [3.63, 3.8) is 0 Å². The molecule has 0 aromatic rings. The maximum atomic E-state index is 8.52. The van der Waals surface area contributed by atoms with Gasteiger partial charge in [0, 0.05) is 10.4 Å². The van der Waals surface area contributed by atoms with E-state index in [0.29, 0.717) is 0 Å². The molecule has 0 rings (SSSR count). The first-order valence-electron chi connectivity index (χ1n) is 0.667. The van der Waals surface area contributed by atoms with E-state index in [-0.39, 0.29) is 101 Å². The first-order valence-corrected chi connectivity index (χ1v) is 2.00. The molecule has 0 atom stereocenters. The fourth-order valence-electron chi connectivity index (χ4n) is 0. The van der Waals surface area contributed by atoms with Gasteiger partial charge in [0.05, 0.1) is 0 Å². The van der Waals surface area contributed by atoms with Crippen molar-refractivity contribution < 1.29 is 20.4 Å². The van der Waals surface area contributed by atoms with E-state index in [1.54, 1.807) is 0 Å². The van der Waals surface area contributed by atoms with Gasteiger partial charge in [-0.25, -0.2) is 0 Å². The molecule has 0 aliphatic rings. The Kier molecular flexibility index (Phi) is 16.8. The molecular weight excluding hydrogens is 371 g/mol. The molecule has 0 saturated carbocycles. The average molecular weight is 373 g/mol. The molecule has 7 heteroatoms. The van der Waals surface area contributed by atoms with Gasteiger partial charge in [0.2, 0.25) is 0 Å². The molecule has 0 heterocycles. The summed E-state index contributed by atoms with van der Waals surface area (Å²) in [7, 11) is -5.17. The maximum absolute atomic E-state index is 8.52. The van der Waals surface area contributed by atoms with Crippen molar-refractivity contribution in [1.29, 1.82) is 0 Å². The van der Waals surface area contributed by atoms with E-state index >= 15 is 0 Å². The summed E-state index contributed by atoms with van der Waals surface area (Å²) in [6.07, 6.45) is 0. The van der Waals surface area contributed by atoms with Crippen molar-refractivity contribution in [1.82, 2.24) is 0 Å². The van der Waals surface area contributed by atoms with Gasteiger partial charge in [-0.15, -0.1) is 0 Å². The molecule has 0 aliphatic heterocycles. The van der Waals surface area contributed by atoms with Gasteiger partial charge < -0.3 is 12.0 Å². The second-order valence-corrected chi connectivity index (χ2v) is 1.22. The number of hydrogen-bond acceptors (Lipinski definition) is 4. The average Bonchev–Trinajstić information content (AvgIpc) is 0.722. The Bertz CT molecular complexity index is 99.7. The van der Waals surface area contributed by atoms with Crippen LogP contribution >= 0.6 is 0 Å². The standard InChI is InChI=1S/2Ba.H2O4S.2H/c;;1-5(2,3)4;;/h;;(H2,1,2,3,4);;/q2*+2;;2*-1/p-2. The third-order valence-corrected chi connectivity index (χ3v) is 0. The van der Waals surface area contributed by atoms with Crippen molar-refractivity contribution in [3.05, 3.63) is 0 Å². The predicted octanol–water partition coefficient (Wildman–Crippen LogP) is -1.87. The fourth-order valence-corrected chi connectivity index (χ4v) is 0. The molecule has 0 spiro atoms. The van der Waals surface area contributed by atoms with Gasteiger partial charge in [0.15, 0.2) is 0 Å². The molecular formula is H2Ba2O4S. The molecule has 0 aromatic carbocycles. The van der Waals surface area contributed by atoms with Crippen molar-refractivity contribution in [3.8, 4) is 0 Å². The van der Waals surface area contributed by atoms with Gasteiger partial charge >= 0.3 is 97.8 Å². The largest absolute Gasteiger partial charge is 2.00 e. The Hall–Kier alpha value is 3.01.